The van der Waals surface area contributed by atoms with Crippen molar-refractivity contribution >= 4 is 46.1 Å². The van der Waals surface area contributed by atoms with E-state index in [-0.39, 0.29) is 5.56 Å². The highest BCUT2D eigenvalue weighted by Gasteiger charge is 2.08. The van der Waals surface area contributed by atoms with E-state index in [4.69, 9.17) is 11.6 Å². The zero-order valence-corrected chi connectivity index (χ0v) is 15.5. The zero-order valence-electron chi connectivity index (χ0n) is 13.9. The van der Waals surface area contributed by atoms with Gasteiger partial charge in [0.05, 0.1) is 4.53 Å². The van der Waals surface area contributed by atoms with Crippen LogP contribution in [0.4, 0.5) is 0 Å². The molecule has 0 saturated carbocycles. The summed E-state index contributed by atoms with van der Waals surface area (Å²) >= 11 is 7.21. The van der Waals surface area contributed by atoms with Gasteiger partial charge in [-0.05, 0) is 42.3 Å². The van der Waals surface area contributed by atoms with Gasteiger partial charge in [-0.3, -0.25) is 4.79 Å². The topological polar surface area (TPSA) is 47.3 Å². The largest absolute Gasteiger partial charge is 0.291 e. The fourth-order valence-electron chi connectivity index (χ4n) is 2.48. The predicted molar refractivity (Wildman–Crippen MR) is 107 cm³/mol. The second kappa shape index (κ2) is 6.86. The van der Waals surface area contributed by atoms with Crippen LogP contribution >= 0.6 is 22.9 Å². The molecular weight excluding hydrogens is 366 g/mol. The maximum absolute atomic E-state index is 12.5. The van der Waals surface area contributed by atoms with Crippen LogP contribution in [0.15, 0.2) is 53.3 Å². The first-order chi connectivity index (χ1) is 12.6. The van der Waals surface area contributed by atoms with E-state index in [0.717, 1.165) is 11.1 Å². The van der Waals surface area contributed by atoms with Gasteiger partial charge in [0.1, 0.15) is 0 Å². The molecule has 0 bridgehead atoms. The summed E-state index contributed by atoms with van der Waals surface area (Å²) in [5, 5.41) is 4.96. The van der Waals surface area contributed by atoms with Crippen LogP contribution in [0, 0.1) is 6.92 Å². The molecule has 0 atom stereocenters. The third-order valence-corrected chi connectivity index (χ3v) is 5.08. The summed E-state index contributed by atoms with van der Waals surface area (Å²) in [6, 6.07) is 15.5. The van der Waals surface area contributed by atoms with Crippen LogP contribution in [0.5, 0.6) is 0 Å². The van der Waals surface area contributed by atoms with E-state index >= 15 is 0 Å². The molecule has 0 N–H and O–H groups in total. The van der Waals surface area contributed by atoms with Crippen molar-refractivity contribution in [3.63, 3.8) is 0 Å². The summed E-state index contributed by atoms with van der Waals surface area (Å²) in [5.41, 5.74) is 3.02. The van der Waals surface area contributed by atoms with Crippen LogP contribution in [-0.4, -0.2) is 14.6 Å². The second-order valence-corrected chi connectivity index (χ2v) is 7.32. The van der Waals surface area contributed by atoms with Gasteiger partial charge in [-0.25, -0.2) is 0 Å². The summed E-state index contributed by atoms with van der Waals surface area (Å²) in [6.45, 7) is 2.05. The first-order valence-electron chi connectivity index (χ1n) is 8.00. The Labute approximate surface area is 158 Å². The van der Waals surface area contributed by atoms with Gasteiger partial charge in [-0.1, -0.05) is 71.0 Å². The van der Waals surface area contributed by atoms with Gasteiger partial charge in [-0.2, -0.15) is 9.50 Å². The zero-order chi connectivity index (χ0) is 18.1. The van der Waals surface area contributed by atoms with E-state index < -0.39 is 0 Å². The molecule has 0 amide bonds. The fraction of sp³-hybridized carbons (Fsp3) is 0.0500. The molecule has 6 heteroatoms. The molecule has 0 saturated heterocycles. The van der Waals surface area contributed by atoms with Gasteiger partial charge in [0.2, 0.25) is 4.96 Å². The van der Waals surface area contributed by atoms with E-state index in [1.54, 1.807) is 12.1 Å². The monoisotopic (exact) mass is 379 g/mol. The molecule has 2 heterocycles. The standard InChI is InChI=1S/C20H14ClN3OS/c1-13-2-4-14(5-3-13)8-11-18-22-20-24(23-18)19(25)17(26-20)12-15-6-9-16(21)10-7-15/h2-12H,1H3. The maximum Gasteiger partial charge on any atom is 0.291 e. The van der Waals surface area contributed by atoms with Crippen molar-refractivity contribution in [3.05, 3.63) is 91.0 Å². The third kappa shape index (κ3) is 3.45. The lowest BCUT2D eigenvalue weighted by molar-refractivity contribution is 0.925. The predicted octanol–water partition coefficient (Wildman–Crippen LogP) is 3.83. The minimum Gasteiger partial charge on any atom is -0.266 e. The summed E-state index contributed by atoms with van der Waals surface area (Å²) in [4.78, 5) is 17.5. The quantitative estimate of drug-likeness (QED) is 0.543. The average molecular weight is 380 g/mol. The number of fused-ring (bicyclic) bond motifs is 1. The Hall–Kier alpha value is -2.76. The number of hydrogen-bond acceptors (Lipinski definition) is 4. The number of aromatic nitrogens is 3. The van der Waals surface area contributed by atoms with E-state index in [9.17, 15) is 4.79 Å². The van der Waals surface area contributed by atoms with E-state index in [0.29, 0.717) is 20.3 Å². The first-order valence-corrected chi connectivity index (χ1v) is 9.19. The third-order valence-electron chi connectivity index (χ3n) is 3.87. The summed E-state index contributed by atoms with van der Waals surface area (Å²) < 4.78 is 1.94. The first kappa shape index (κ1) is 16.7. The molecule has 0 radical (unpaired) electrons. The van der Waals surface area contributed by atoms with Gasteiger partial charge in [0.15, 0.2) is 5.82 Å². The van der Waals surface area contributed by atoms with Crippen LogP contribution in [-0.2, 0) is 0 Å². The van der Waals surface area contributed by atoms with Gasteiger partial charge < -0.3 is 0 Å². The number of nitrogens with zero attached hydrogens (tertiary/aromatic N) is 3. The number of hydrogen-bond donors (Lipinski definition) is 0. The molecule has 0 spiro atoms. The number of rotatable bonds is 3. The molecule has 0 aliphatic heterocycles. The molecule has 2 aromatic heterocycles. The summed E-state index contributed by atoms with van der Waals surface area (Å²) in [6.07, 6.45) is 5.57. The van der Waals surface area contributed by atoms with Crippen molar-refractivity contribution in [2.45, 2.75) is 6.92 Å². The Morgan fingerprint density at radius 2 is 1.69 bits per heavy atom. The lowest BCUT2D eigenvalue weighted by atomic mass is 10.1. The Bertz CT molecular complexity index is 1210. The fourth-order valence-corrected chi connectivity index (χ4v) is 3.52. The van der Waals surface area contributed by atoms with Crippen molar-refractivity contribution in [3.8, 4) is 0 Å². The number of benzene rings is 2. The molecule has 0 fully saturated rings. The Morgan fingerprint density at radius 1 is 1.00 bits per heavy atom. The van der Waals surface area contributed by atoms with Crippen molar-refractivity contribution in [1.82, 2.24) is 14.6 Å². The number of halogens is 1. The molecule has 0 unspecified atom stereocenters. The number of thiazole rings is 1. The summed E-state index contributed by atoms with van der Waals surface area (Å²) in [7, 11) is 0. The van der Waals surface area contributed by atoms with Crippen molar-refractivity contribution in [2.24, 2.45) is 0 Å². The molecule has 0 aliphatic carbocycles. The highest BCUT2D eigenvalue weighted by atomic mass is 35.5. The van der Waals surface area contributed by atoms with Crippen LogP contribution in [0.2, 0.25) is 5.02 Å². The normalized spacial score (nSPS) is 12.5. The molecule has 128 valence electrons. The lowest BCUT2D eigenvalue weighted by Crippen LogP contribution is -2.23. The van der Waals surface area contributed by atoms with Gasteiger partial charge in [0.25, 0.3) is 5.56 Å². The van der Waals surface area contributed by atoms with Crippen LogP contribution in [0.1, 0.15) is 22.5 Å². The molecule has 26 heavy (non-hydrogen) atoms. The summed E-state index contributed by atoms with van der Waals surface area (Å²) in [5.74, 6) is 0.520. The van der Waals surface area contributed by atoms with E-state index in [1.165, 1.54) is 21.4 Å². The van der Waals surface area contributed by atoms with E-state index in [2.05, 4.69) is 10.1 Å². The highest BCUT2D eigenvalue weighted by molar-refractivity contribution is 7.15. The second-order valence-electron chi connectivity index (χ2n) is 5.88. The van der Waals surface area contributed by atoms with Crippen LogP contribution < -0.4 is 10.1 Å². The smallest absolute Gasteiger partial charge is 0.266 e. The minimum atomic E-state index is -0.164. The van der Waals surface area contributed by atoms with Gasteiger partial charge in [-0.15, -0.1) is 5.10 Å². The van der Waals surface area contributed by atoms with Gasteiger partial charge in [0, 0.05) is 5.02 Å². The molecule has 0 aliphatic rings. The molecule has 4 aromatic rings. The average Bonchev–Trinajstić information content (AvgIpc) is 3.16. The SMILES string of the molecule is Cc1ccc(C=Cc2nc3sc(=Cc4ccc(Cl)cc4)c(=O)n3n2)cc1. The van der Waals surface area contributed by atoms with Crippen LogP contribution in [0.25, 0.3) is 23.2 Å². The highest BCUT2D eigenvalue weighted by Crippen LogP contribution is 2.11. The Balaban J connectivity index is 1.66. The van der Waals surface area contributed by atoms with Crippen molar-refractivity contribution in [2.75, 3.05) is 0 Å². The van der Waals surface area contributed by atoms with Crippen molar-refractivity contribution < 1.29 is 0 Å². The Morgan fingerprint density at radius 3 is 2.38 bits per heavy atom. The Kier molecular flexibility index (Phi) is 4.41. The molecular formula is C20H14ClN3OS. The van der Waals surface area contributed by atoms with Crippen molar-refractivity contribution in [1.29, 1.82) is 0 Å². The number of aryl methyl sites for hydroxylation is 1. The van der Waals surface area contributed by atoms with Crippen LogP contribution in [0.3, 0.4) is 0 Å². The minimum absolute atomic E-state index is 0.164. The molecule has 2 aromatic carbocycles. The van der Waals surface area contributed by atoms with Gasteiger partial charge >= 0.3 is 0 Å². The maximum atomic E-state index is 12.5. The lowest BCUT2D eigenvalue weighted by Gasteiger charge is -1.93. The van der Waals surface area contributed by atoms with E-state index in [1.807, 2.05) is 61.5 Å². The molecule has 4 rings (SSSR count). The molecule has 4 nitrogen and oxygen atoms in total.